The molecule has 1 amide bonds. The van der Waals surface area contributed by atoms with Gasteiger partial charge in [-0.3, -0.25) is 4.79 Å². The number of carbonyl (C=O) groups excluding carboxylic acids is 1. The van der Waals surface area contributed by atoms with Crippen molar-refractivity contribution in [2.24, 2.45) is 11.8 Å². The van der Waals surface area contributed by atoms with Crippen LogP contribution >= 0.6 is 0 Å². The van der Waals surface area contributed by atoms with Crippen molar-refractivity contribution >= 4 is 11.6 Å². The van der Waals surface area contributed by atoms with E-state index in [1.54, 1.807) is 0 Å². The normalized spacial score (nSPS) is 22.5. The minimum Gasteiger partial charge on any atom is -0.396 e. The predicted octanol–water partition coefficient (Wildman–Crippen LogP) is 2.71. The topological polar surface area (TPSA) is 55.1 Å². The number of nitrogen functional groups attached to an aromatic ring is 1. The van der Waals surface area contributed by atoms with E-state index in [2.05, 4.69) is 12.2 Å². The molecule has 0 aliphatic heterocycles. The molecule has 0 aromatic heterocycles. The Balaban J connectivity index is 2.02. The van der Waals surface area contributed by atoms with Crippen molar-refractivity contribution in [3.63, 3.8) is 0 Å². The Morgan fingerprint density at radius 3 is 2.79 bits per heavy atom. The van der Waals surface area contributed by atoms with Gasteiger partial charge in [0.1, 0.15) is 11.4 Å². The molecule has 19 heavy (non-hydrogen) atoms. The highest BCUT2D eigenvalue weighted by molar-refractivity contribution is 5.95. The van der Waals surface area contributed by atoms with E-state index in [0.717, 1.165) is 31.4 Å². The van der Waals surface area contributed by atoms with Crippen LogP contribution in [0.4, 0.5) is 14.5 Å². The van der Waals surface area contributed by atoms with Crippen LogP contribution in [0.2, 0.25) is 0 Å². The first-order valence-corrected chi connectivity index (χ1v) is 6.50. The number of nitrogens with one attached hydrogen (secondary N) is 1. The van der Waals surface area contributed by atoms with E-state index in [1.807, 2.05) is 0 Å². The van der Waals surface area contributed by atoms with Crippen molar-refractivity contribution in [3.05, 3.63) is 29.3 Å². The Hall–Kier alpha value is -1.65. The van der Waals surface area contributed by atoms with Crippen molar-refractivity contribution in [2.75, 3.05) is 12.3 Å². The van der Waals surface area contributed by atoms with Crippen LogP contribution in [0.25, 0.3) is 0 Å². The van der Waals surface area contributed by atoms with Crippen molar-refractivity contribution in [1.82, 2.24) is 5.32 Å². The summed E-state index contributed by atoms with van der Waals surface area (Å²) in [5.74, 6) is -1.56. The van der Waals surface area contributed by atoms with Gasteiger partial charge in [0.15, 0.2) is 5.82 Å². The van der Waals surface area contributed by atoms with E-state index in [0.29, 0.717) is 18.4 Å². The van der Waals surface area contributed by atoms with Gasteiger partial charge < -0.3 is 11.1 Å². The van der Waals surface area contributed by atoms with Gasteiger partial charge in [0.05, 0.1) is 5.69 Å². The Kier molecular flexibility index (Phi) is 4.02. The maximum atomic E-state index is 13.6. The summed E-state index contributed by atoms with van der Waals surface area (Å²) in [5.41, 5.74) is 4.53. The number of hydrogen-bond acceptors (Lipinski definition) is 2. The van der Waals surface area contributed by atoms with Crippen LogP contribution in [0, 0.1) is 23.5 Å². The van der Waals surface area contributed by atoms with E-state index < -0.39 is 23.1 Å². The third-order valence-corrected chi connectivity index (χ3v) is 3.70. The summed E-state index contributed by atoms with van der Waals surface area (Å²) < 4.78 is 27.1. The average molecular weight is 268 g/mol. The zero-order chi connectivity index (χ0) is 14.0. The van der Waals surface area contributed by atoms with Gasteiger partial charge in [0, 0.05) is 6.54 Å². The molecule has 2 unspecified atom stereocenters. The summed E-state index contributed by atoms with van der Waals surface area (Å²) in [6.45, 7) is 2.62. The molecule has 0 bridgehead atoms. The summed E-state index contributed by atoms with van der Waals surface area (Å²) in [7, 11) is 0. The molecule has 1 fully saturated rings. The molecule has 1 aliphatic carbocycles. The van der Waals surface area contributed by atoms with Gasteiger partial charge in [-0.2, -0.15) is 0 Å². The minimum absolute atomic E-state index is 0.221. The highest BCUT2D eigenvalue weighted by Crippen LogP contribution is 2.29. The summed E-state index contributed by atoms with van der Waals surface area (Å²) in [4.78, 5) is 11.8. The summed E-state index contributed by atoms with van der Waals surface area (Å²) in [5, 5.41) is 2.60. The lowest BCUT2D eigenvalue weighted by Crippen LogP contribution is -2.30. The molecule has 1 aliphatic rings. The lowest BCUT2D eigenvalue weighted by molar-refractivity contribution is 0.0939. The van der Waals surface area contributed by atoms with Crippen molar-refractivity contribution < 1.29 is 13.6 Å². The largest absolute Gasteiger partial charge is 0.396 e. The SMILES string of the molecule is CC1CCC(CNC(=O)c2c(F)ccc(N)c2F)C1. The van der Waals surface area contributed by atoms with Gasteiger partial charge in [-0.05, 0) is 36.8 Å². The van der Waals surface area contributed by atoms with Gasteiger partial charge in [-0.1, -0.05) is 13.3 Å². The molecule has 0 radical (unpaired) electrons. The van der Waals surface area contributed by atoms with Gasteiger partial charge in [-0.15, -0.1) is 0 Å². The maximum absolute atomic E-state index is 13.6. The quantitative estimate of drug-likeness (QED) is 0.828. The minimum atomic E-state index is -0.989. The van der Waals surface area contributed by atoms with E-state index in [-0.39, 0.29) is 5.69 Å². The lowest BCUT2D eigenvalue weighted by atomic mass is 10.1. The number of rotatable bonds is 3. The number of hydrogen-bond donors (Lipinski definition) is 2. The fourth-order valence-corrected chi connectivity index (χ4v) is 2.61. The Morgan fingerprint density at radius 1 is 1.42 bits per heavy atom. The zero-order valence-corrected chi connectivity index (χ0v) is 10.9. The summed E-state index contributed by atoms with van der Waals surface area (Å²) >= 11 is 0. The molecule has 2 atom stereocenters. The van der Waals surface area contributed by atoms with Gasteiger partial charge in [0.2, 0.25) is 0 Å². The third kappa shape index (κ3) is 3.03. The molecule has 5 heteroatoms. The van der Waals surface area contributed by atoms with Gasteiger partial charge in [0.25, 0.3) is 5.91 Å². The van der Waals surface area contributed by atoms with Crippen LogP contribution in [0.15, 0.2) is 12.1 Å². The first-order valence-electron chi connectivity index (χ1n) is 6.50. The van der Waals surface area contributed by atoms with E-state index in [4.69, 9.17) is 5.73 Å². The highest BCUT2D eigenvalue weighted by atomic mass is 19.1. The molecule has 1 aromatic carbocycles. The highest BCUT2D eigenvalue weighted by Gasteiger charge is 2.24. The van der Waals surface area contributed by atoms with Crippen LogP contribution in [0.5, 0.6) is 0 Å². The molecular weight excluding hydrogens is 250 g/mol. The number of halogens is 2. The van der Waals surface area contributed by atoms with Gasteiger partial charge in [-0.25, -0.2) is 8.78 Å². The molecule has 0 spiro atoms. The Morgan fingerprint density at radius 2 is 2.16 bits per heavy atom. The fourth-order valence-electron chi connectivity index (χ4n) is 2.61. The first kappa shape index (κ1) is 13.8. The summed E-state index contributed by atoms with van der Waals surface area (Å²) in [6, 6.07) is 2.12. The molecule has 1 aromatic rings. The van der Waals surface area contributed by atoms with Crippen LogP contribution in [-0.2, 0) is 0 Å². The standard InChI is InChI=1S/C14H18F2N2O/c1-8-2-3-9(6-8)7-18-14(19)12-10(15)4-5-11(17)13(12)16/h4-5,8-9H,2-3,6-7,17H2,1H3,(H,18,19). The molecular formula is C14H18F2N2O. The van der Waals surface area contributed by atoms with E-state index >= 15 is 0 Å². The molecule has 1 saturated carbocycles. The molecule has 0 heterocycles. The second-order valence-electron chi connectivity index (χ2n) is 5.32. The smallest absolute Gasteiger partial charge is 0.257 e. The third-order valence-electron chi connectivity index (χ3n) is 3.70. The van der Waals surface area contributed by atoms with Crippen molar-refractivity contribution in [2.45, 2.75) is 26.2 Å². The number of nitrogens with two attached hydrogens (primary N) is 1. The first-order chi connectivity index (χ1) is 8.99. The van der Waals surface area contributed by atoms with Crippen LogP contribution in [-0.4, -0.2) is 12.5 Å². The number of carbonyl (C=O) groups is 1. The predicted molar refractivity (Wildman–Crippen MR) is 69.6 cm³/mol. The van der Waals surface area contributed by atoms with Crippen LogP contribution < -0.4 is 11.1 Å². The molecule has 2 rings (SSSR count). The van der Waals surface area contributed by atoms with Crippen LogP contribution in [0.1, 0.15) is 36.5 Å². The monoisotopic (exact) mass is 268 g/mol. The number of amides is 1. The number of benzene rings is 1. The molecule has 3 N–H and O–H groups in total. The Bertz CT molecular complexity index is 491. The van der Waals surface area contributed by atoms with E-state index in [9.17, 15) is 13.6 Å². The van der Waals surface area contributed by atoms with Crippen LogP contribution in [0.3, 0.4) is 0 Å². The molecule has 0 saturated heterocycles. The second kappa shape index (κ2) is 5.55. The fraction of sp³-hybridized carbons (Fsp3) is 0.500. The maximum Gasteiger partial charge on any atom is 0.257 e. The number of anilines is 1. The van der Waals surface area contributed by atoms with Crippen molar-refractivity contribution in [3.8, 4) is 0 Å². The second-order valence-corrected chi connectivity index (χ2v) is 5.32. The summed E-state index contributed by atoms with van der Waals surface area (Å²) in [6.07, 6.45) is 3.23. The Labute approximate surface area is 111 Å². The van der Waals surface area contributed by atoms with E-state index in [1.165, 1.54) is 0 Å². The molecule has 3 nitrogen and oxygen atoms in total. The zero-order valence-electron chi connectivity index (χ0n) is 10.9. The average Bonchev–Trinajstić information content (AvgIpc) is 2.78. The lowest BCUT2D eigenvalue weighted by Gasteiger charge is -2.12. The molecule has 104 valence electrons. The van der Waals surface area contributed by atoms with Gasteiger partial charge >= 0.3 is 0 Å². The van der Waals surface area contributed by atoms with Crippen molar-refractivity contribution in [1.29, 1.82) is 0 Å².